The fourth-order valence-electron chi connectivity index (χ4n) is 4.31. The molecule has 1 aliphatic carbocycles. The zero-order chi connectivity index (χ0) is 16.4. The molecule has 3 rings (SSSR count). The van der Waals surface area contributed by atoms with E-state index >= 15 is 0 Å². The Balaban J connectivity index is 1.50. The molecule has 1 saturated carbocycles. The molecule has 0 N–H and O–H groups in total. The van der Waals surface area contributed by atoms with Crippen LogP contribution in [0.5, 0.6) is 0 Å². The Bertz CT molecular complexity index is 536. The number of rotatable bonds is 4. The first-order chi connectivity index (χ1) is 10.9. The number of hydrogen-bond donors (Lipinski definition) is 0. The zero-order valence-corrected chi connectivity index (χ0v) is 16.1. The molecule has 0 radical (unpaired) electrons. The van der Waals surface area contributed by atoms with Crippen LogP contribution in [0.3, 0.4) is 0 Å². The number of piperidine rings is 1. The number of likely N-dealkylation sites (tertiary alicyclic amines) is 1. The largest absolute Gasteiger partial charge is 0.299 e. The van der Waals surface area contributed by atoms with Gasteiger partial charge in [-0.25, -0.2) is 0 Å². The van der Waals surface area contributed by atoms with E-state index < -0.39 is 0 Å². The van der Waals surface area contributed by atoms with Gasteiger partial charge in [-0.1, -0.05) is 52.2 Å². The van der Waals surface area contributed by atoms with E-state index in [1.165, 1.54) is 60.5 Å². The van der Waals surface area contributed by atoms with Gasteiger partial charge in [0.25, 0.3) is 0 Å². The van der Waals surface area contributed by atoms with E-state index in [1.54, 1.807) is 0 Å². The standard InChI is InChI=1S/C21H33NS/c1-16(13-19-9-10-20(23-19)21(2,3)4)14-22-12-11-17-7-5-6-8-18(17)15-22/h9-10,17-18H,1,5-8,11-15H2,2-4H3/t17-,18-/m0/s1. The van der Waals surface area contributed by atoms with Gasteiger partial charge in [0.1, 0.15) is 0 Å². The minimum atomic E-state index is 0.271. The maximum Gasteiger partial charge on any atom is 0.0193 e. The molecular formula is C21H33NS. The molecule has 23 heavy (non-hydrogen) atoms. The van der Waals surface area contributed by atoms with Crippen molar-refractivity contribution in [1.29, 1.82) is 0 Å². The van der Waals surface area contributed by atoms with Crippen LogP contribution >= 0.6 is 11.3 Å². The molecule has 0 unspecified atom stereocenters. The molecule has 1 saturated heterocycles. The van der Waals surface area contributed by atoms with Crippen molar-refractivity contribution in [2.24, 2.45) is 11.8 Å². The highest BCUT2D eigenvalue weighted by Gasteiger charge is 2.31. The van der Waals surface area contributed by atoms with Crippen molar-refractivity contribution < 1.29 is 0 Å². The van der Waals surface area contributed by atoms with E-state index in [4.69, 9.17) is 0 Å². The predicted molar refractivity (Wildman–Crippen MR) is 102 cm³/mol. The average Bonchev–Trinajstić information content (AvgIpc) is 2.95. The van der Waals surface area contributed by atoms with Crippen molar-refractivity contribution in [2.75, 3.05) is 19.6 Å². The van der Waals surface area contributed by atoms with Crippen molar-refractivity contribution in [2.45, 2.75) is 64.7 Å². The highest BCUT2D eigenvalue weighted by molar-refractivity contribution is 7.12. The van der Waals surface area contributed by atoms with Crippen molar-refractivity contribution in [3.05, 3.63) is 34.0 Å². The van der Waals surface area contributed by atoms with E-state index in [9.17, 15) is 0 Å². The van der Waals surface area contributed by atoms with E-state index in [2.05, 4.69) is 44.4 Å². The summed E-state index contributed by atoms with van der Waals surface area (Å²) in [5.41, 5.74) is 1.66. The lowest BCUT2D eigenvalue weighted by atomic mass is 9.75. The summed E-state index contributed by atoms with van der Waals surface area (Å²) in [6, 6.07) is 4.62. The Morgan fingerprint density at radius 2 is 1.91 bits per heavy atom. The molecule has 2 atom stereocenters. The highest BCUT2D eigenvalue weighted by Crippen LogP contribution is 2.36. The Labute approximate surface area is 146 Å². The van der Waals surface area contributed by atoms with Gasteiger partial charge in [0, 0.05) is 29.3 Å². The van der Waals surface area contributed by atoms with Gasteiger partial charge in [0.2, 0.25) is 0 Å². The number of thiophene rings is 1. The quantitative estimate of drug-likeness (QED) is 0.644. The van der Waals surface area contributed by atoms with Crippen molar-refractivity contribution in [3.63, 3.8) is 0 Å². The monoisotopic (exact) mass is 331 g/mol. The first-order valence-corrected chi connectivity index (χ1v) is 10.2. The van der Waals surface area contributed by atoms with E-state index in [0.717, 1.165) is 24.8 Å². The summed E-state index contributed by atoms with van der Waals surface area (Å²) in [7, 11) is 0. The summed E-state index contributed by atoms with van der Waals surface area (Å²) < 4.78 is 0. The van der Waals surface area contributed by atoms with E-state index in [-0.39, 0.29) is 5.41 Å². The van der Waals surface area contributed by atoms with Crippen LogP contribution in [0.15, 0.2) is 24.3 Å². The maximum atomic E-state index is 4.38. The third kappa shape index (κ3) is 4.48. The molecule has 2 fully saturated rings. The fourth-order valence-corrected chi connectivity index (χ4v) is 5.45. The SMILES string of the molecule is C=C(Cc1ccc(C(C)(C)C)s1)CN1CC[C@@H]2CCCC[C@H]2C1. The third-order valence-electron chi connectivity index (χ3n) is 5.65. The molecule has 2 aliphatic rings. The summed E-state index contributed by atoms with van der Waals surface area (Å²) in [5, 5.41) is 0. The Morgan fingerprint density at radius 3 is 2.61 bits per heavy atom. The van der Waals surface area contributed by atoms with E-state index in [0.29, 0.717) is 0 Å². The molecular weight excluding hydrogens is 298 g/mol. The second kappa shape index (κ2) is 7.11. The van der Waals surface area contributed by atoms with Gasteiger partial charge in [-0.15, -0.1) is 11.3 Å². The fraction of sp³-hybridized carbons (Fsp3) is 0.714. The van der Waals surface area contributed by atoms with Gasteiger partial charge in [0.15, 0.2) is 0 Å². The lowest BCUT2D eigenvalue weighted by Crippen LogP contribution is -2.42. The summed E-state index contributed by atoms with van der Waals surface area (Å²) in [6.45, 7) is 15.0. The topological polar surface area (TPSA) is 3.24 Å². The number of nitrogens with zero attached hydrogens (tertiary/aromatic N) is 1. The van der Waals surface area contributed by atoms with Gasteiger partial charge in [-0.05, 0) is 48.8 Å². The van der Waals surface area contributed by atoms with Gasteiger partial charge in [-0.3, -0.25) is 4.90 Å². The lowest BCUT2D eigenvalue weighted by molar-refractivity contribution is 0.0932. The first-order valence-electron chi connectivity index (χ1n) is 9.40. The molecule has 128 valence electrons. The molecule has 0 bridgehead atoms. The van der Waals surface area contributed by atoms with Gasteiger partial charge in [0.05, 0.1) is 0 Å². The molecule has 2 heteroatoms. The third-order valence-corrected chi connectivity index (χ3v) is 7.16. The van der Waals surface area contributed by atoms with Crippen molar-refractivity contribution in [3.8, 4) is 0 Å². The lowest BCUT2D eigenvalue weighted by Gasteiger charge is -2.41. The Kier molecular flexibility index (Phi) is 5.32. The number of fused-ring (bicyclic) bond motifs is 1. The predicted octanol–water partition coefficient (Wildman–Crippen LogP) is 5.66. The number of hydrogen-bond acceptors (Lipinski definition) is 2. The molecule has 1 aliphatic heterocycles. The average molecular weight is 332 g/mol. The molecule has 1 aromatic heterocycles. The maximum absolute atomic E-state index is 4.38. The van der Waals surface area contributed by atoms with Crippen LogP contribution < -0.4 is 0 Å². The molecule has 2 heterocycles. The highest BCUT2D eigenvalue weighted by atomic mass is 32.1. The van der Waals surface area contributed by atoms with E-state index in [1.807, 2.05) is 11.3 Å². The Morgan fingerprint density at radius 1 is 1.17 bits per heavy atom. The Hall–Kier alpha value is -0.600. The summed E-state index contributed by atoms with van der Waals surface area (Å²) in [4.78, 5) is 5.64. The van der Waals surface area contributed by atoms with Crippen LogP contribution in [-0.4, -0.2) is 24.5 Å². The van der Waals surface area contributed by atoms with Gasteiger partial charge < -0.3 is 0 Å². The van der Waals surface area contributed by atoms with Crippen LogP contribution in [0.4, 0.5) is 0 Å². The second-order valence-electron chi connectivity index (χ2n) is 8.77. The minimum absolute atomic E-state index is 0.271. The second-order valence-corrected chi connectivity index (χ2v) is 9.94. The molecule has 0 aromatic carbocycles. The smallest absolute Gasteiger partial charge is 0.0193 e. The van der Waals surface area contributed by atoms with Crippen LogP contribution in [0.2, 0.25) is 0 Å². The van der Waals surface area contributed by atoms with Crippen molar-refractivity contribution >= 4 is 11.3 Å². The van der Waals surface area contributed by atoms with Gasteiger partial charge in [-0.2, -0.15) is 0 Å². The zero-order valence-electron chi connectivity index (χ0n) is 15.2. The molecule has 0 spiro atoms. The summed E-state index contributed by atoms with van der Waals surface area (Å²) in [5.74, 6) is 2.00. The normalized spacial score (nSPS) is 26.0. The minimum Gasteiger partial charge on any atom is -0.299 e. The van der Waals surface area contributed by atoms with Crippen molar-refractivity contribution in [1.82, 2.24) is 4.90 Å². The molecule has 1 nitrogen and oxygen atoms in total. The van der Waals surface area contributed by atoms with Crippen LogP contribution in [0, 0.1) is 11.8 Å². The van der Waals surface area contributed by atoms with Gasteiger partial charge >= 0.3 is 0 Å². The summed E-state index contributed by atoms with van der Waals surface area (Å²) >= 11 is 1.97. The van der Waals surface area contributed by atoms with Crippen LogP contribution in [0.25, 0.3) is 0 Å². The van der Waals surface area contributed by atoms with Crippen LogP contribution in [-0.2, 0) is 11.8 Å². The first kappa shape index (κ1) is 17.2. The molecule has 1 aromatic rings. The summed E-state index contributed by atoms with van der Waals surface area (Å²) in [6.07, 6.45) is 8.37. The van der Waals surface area contributed by atoms with Crippen LogP contribution in [0.1, 0.15) is 62.6 Å². The molecule has 0 amide bonds.